The van der Waals surface area contributed by atoms with Crippen LogP contribution >= 0.6 is 0 Å². The monoisotopic (exact) mass is 356 g/mol. The van der Waals surface area contributed by atoms with Crippen molar-refractivity contribution in [3.8, 4) is 5.75 Å². The molecule has 0 aromatic heterocycles. The summed E-state index contributed by atoms with van der Waals surface area (Å²) in [6.07, 6.45) is 0.892. The van der Waals surface area contributed by atoms with Gasteiger partial charge in [0, 0.05) is 19.2 Å². The topological polar surface area (TPSA) is 81.9 Å². The summed E-state index contributed by atoms with van der Waals surface area (Å²) in [4.78, 5) is 25.2. The van der Waals surface area contributed by atoms with Gasteiger partial charge in [-0.1, -0.05) is 19.1 Å². The van der Waals surface area contributed by atoms with Crippen molar-refractivity contribution in [1.29, 1.82) is 0 Å². The summed E-state index contributed by atoms with van der Waals surface area (Å²) in [6, 6.07) is 11.6. The lowest BCUT2D eigenvalue weighted by atomic mass is 10.1. The molecule has 2 aromatic carbocycles. The van der Waals surface area contributed by atoms with E-state index in [1.54, 1.807) is 24.3 Å². The second kappa shape index (κ2) is 7.97. The van der Waals surface area contributed by atoms with Gasteiger partial charge in [0.15, 0.2) is 0 Å². The molecule has 0 N–H and O–H groups in total. The third-order valence-corrected chi connectivity index (χ3v) is 4.30. The van der Waals surface area contributed by atoms with Crippen molar-refractivity contribution in [3.05, 3.63) is 63.7 Å². The number of aryl methyl sites for hydroxylation is 1. The standard InChI is InChI=1S/C19H20N2O5/c1-2-14-3-6-16(7-4-14)26-19(22)15-5-8-17(18(13-15)21(23)24)20-9-11-25-12-10-20/h3-8,13H,2,9-12H2,1H3. The average molecular weight is 356 g/mol. The van der Waals surface area contributed by atoms with Gasteiger partial charge in [0.05, 0.1) is 23.7 Å². The molecule has 0 unspecified atom stereocenters. The molecule has 1 saturated heterocycles. The SMILES string of the molecule is CCc1ccc(OC(=O)c2ccc(N3CCOCC3)c([N+](=O)[O-])c2)cc1. The molecular formula is C19H20N2O5. The van der Waals surface area contributed by atoms with Gasteiger partial charge < -0.3 is 14.4 Å². The fourth-order valence-electron chi connectivity index (χ4n) is 2.83. The quantitative estimate of drug-likeness (QED) is 0.354. The zero-order valence-corrected chi connectivity index (χ0v) is 14.5. The molecular weight excluding hydrogens is 336 g/mol. The van der Waals surface area contributed by atoms with Gasteiger partial charge in [-0.15, -0.1) is 0 Å². The minimum absolute atomic E-state index is 0.109. The number of hydrogen-bond acceptors (Lipinski definition) is 6. The first-order chi connectivity index (χ1) is 12.6. The number of morpholine rings is 1. The highest BCUT2D eigenvalue weighted by Crippen LogP contribution is 2.30. The van der Waals surface area contributed by atoms with E-state index in [-0.39, 0.29) is 11.3 Å². The molecule has 1 aliphatic heterocycles. The van der Waals surface area contributed by atoms with Crippen LogP contribution in [0.2, 0.25) is 0 Å². The Morgan fingerprint density at radius 3 is 2.50 bits per heavy atom. The Hall–Kier alpha value is -2.93. The van der Waals surface area contributed by atoms with E-state index in [1.807, 2.05) is 24.0 Å². The van der Waals surface area contributed by atoms with E-state index in [1.165, 1.54) is 6.07 Å². The van der Waals surface area contributed by atoms with Gasteiger partial charge in [0.2, 0.25) is 0 Å². The number of ether oxygens (including phenoxy) is 2. The molecule has 0 atom stereocenters. The van der Waals surface area contributed by atoms with Crippen LogP contribution < -0.4 is 9.64 Å². The number of hydrogen-bond donors (Lipinski definition) is 0. The molecule has 0 radical (unpaired) electrons. The molecule has 136 valence electrons. The van der Waals surface area contributed by atoms with Crippen LogP contribution in [0, 0.1) is 10.1 Å². The average Bonchev–Trinajstić information content (AvgIpc) is 2.68. The number of esters is 1. The highest BCUT2D eigenvalue weighted by Gasteiger charge is 2.24. The molecule has 1 aliphatic rings. The van der Waals surface area contributed by atoms with E-state index in [9.17, 15) is 14.9 Å². The third kappa shape index (κ3) is 4.00. The Balaban J connectivity index is 1.81. The van der Waals surface area contributed by atoms with Crippen LogP contribution in [0.3, 0.4) is 0 Å². The Morgan fingerprint density at radius 1 is 1.19 bits per heavy atom. The van der Waals surface area contributed by atoms with Gasteiger partial charge in [-0.05, 0) is 36.2 Å². The zero-order chi connectivity index (χ0) is 18.5. The second-order valence-corrected chi connectivity index (χ2v) is 5.95. The first-order valence-electron chi connectivity index (χ1n) is 8.50. The van der Waals surface area contributed by atoms with Crippen LogP contribution in [-0.4, -0.2) is 37.2 Å². The van der Waals surface area contributed by atoms with E-state index >= 15 is 0 Å². The maximum atomic E-state index is 12.4. The first-order valence-corrected chi connectivity index (χ1v) is 8.50. The maximum absolute atomic E-state index is 12.4. The number of nitro benzene ring substituents is 1. The number of carbonyl (C=O) groups excluding carboxylic acids is 1. The number of rotatable bonds is 5. The minimum atomic E-state index is -0.620. The molecule has 1 heterocycles. The lowest BCUT2D eigenvalue weighted by Gasteiger charge is -2.28. The van der Waals surface area contributed by atoms with E-state index in [0.717, 1.165) is 12.0 Å². The Morgan fingerprint density at radius 2 is 1.88 bits per heavy atom. The van der Waals surface area contributed by atoms with Crippen molar-refractivity contribution in [1.82, 2.24) is 0 Å². The van der Waals surface area contributed by atoms with E-state index in [2.05, 4.69) is 0 Å². The fourth-order valence-corrected chi connectivity index (χ4v) is 2.83. The van der Waals surface area contributed by atoms with Crippen molar-refractivity contribution in [3.63, 3.8) is 0 Å². The Labute approximate surface area is 151 Å². The maximum Gasteiger partial charge on any atom is 0.343 e. The van der Waals surface area contributed by atoms with Gasteiger partial charge in [-0.2, -0.15) is 0 Å². The van der Waals surface area contributed by atoms with Crippen molar-refractivity contribution in [2.75, 3.05) is 31.2 Å². The number of benzene rings is 2. The highest BCUT2D eigenvalue weighted by molar-refractivity contribution is 5.93. The van der Waals surface area contributed by atoms with Gasteiger partial charge in [-0.3, -0.25) is 10.1 Å². The summed E-state index contributed by atoms with van der Waals surface area (Å²) >= 11 is 0. The van der Waals surface area contributed by atoms with Crippen molar-refractivity contribution < 1.29 is 19.2 Å². The van der Waals surface area contributed by atoms with E-state index in [0.29, 0.717) is 37.7 Å². The molecule has 3 rings (SSSR count). The smallest absolute Gasteiger partial charge is 0.343 e. The summed E-state index contributed by atoms with van der Waals surface area (Å²) in [5.41, 5.74) is 1.66. The van der Waals surface area contributed by atoms with Crippen LogP contribution in [0.15, 0.2) is 42.5 Å². The van der Waals surface area contributed by atoms with Gasteiger partial charge >= 0.3 is 5.97 Å². The zero-order valence-electron chi connectivity index (χ0n) is 14.5. The van der Waals surface area contributed by atoms with E-state index < -0.39 is 10.9 Å². The normalized spacial score (nSPS) is 14.1. The molecule has 2 aromatic rings. The summed E-state index contributed by atoms with van der Waals surface area (Å²) in [5, 5.41) is 11.5. The minimum Gasteiger partial charge on any atom is -0.423 e. The van der Waals surface area contributed by atoms with Crippen LogP contribution in [0.4, 0.5) is 11.4 Å². The number of nitrogens with zero attached hydrogens (tertiary/aromatic N) is 2. The molecule has 7 nitrogen and oxygen atoms in total. The predicted molar refractivity (Wildman–Crippen MR) is 96.9 cm³/mol. The van der Waals surface area contributed by atoms with Crippen molar-refractivity contribution >= 4 is 17.3 Å². The van der Waals surface area contributed by atoms with Crippen LogP contribution in [0.25, 0.3) is 0 Å². The largest absolute Gasteiger partial charge is 0.423 e. The molecule has 0 aliphatic carbocycles. The first kappa shape index (κ1) is 17.9. The highest BCUT2D eigenvalue weighted by atomic mass is 16.6. The molecule has 0 saturated carbocycles. The Bertz CT molecular complexity index is 798. The number of carbonyl (C=O) groups is 1. The van der Waals surface area contributed by atoms with Crippen LogP contribution in [0.1, 0.15) is 22.8 Å². The molecule has 0 spiro atoms. The lowest BCUT2D eigenvalue weighted by molar-refractivity contribution is -0.384. The van der Waals surface area contributed by atoms with Gasteiger partial charge in [0.25, 0.3) is 5.69 Å². The number of anilines is 1. The molecule has 26 heavy (non-hydrogen) atoms. The van der Waals surface area contributed by atoms with E-state index in [4.69, 9.17) is 9.47 Å². The van der Waals surface area contributed by atoms with Gasteiger partial charge in [0.1, 0.15) is 11.4 Å². The predicted octanol–water partition coefficient (Wildman–Crippen LogP) is 3.21. The second-order valence-electron chi connectivity index (χ2n) is 5.95. The summed E-state index contributed by atoms with van der Waals surface area (Å²) < 4.78 is 10.6. The summed E-state index contributed by atoms with van der Waals surface area (Å²) in [5.74, 6) is -0.210. The molecule has 0 bridgehead atoms. The van der Waals surface area contributed by atoms with Crippen molar-refractivity contribution in [2.24, 2.45) is 0 Å². The molecule has 1 fully saturated rings. The molecule has 0 amide bonds. The summed E-state index contributed by atoms with van der Waals surface area (Å²) in [7, 11) is 0. The fraction of sp³-hybridized carbons (Fsp3) is 0.316. The number of nitro groups is 1. The van der Waals surface area contributed by atoms with Crippen LogP contribution in [-0.2, 0) is 11.2 Å². The van der Waals surface area contributed by atoms with Crippen molar-refractivity contribution in [2.45, 2.75) is 13.3 Å². The van der Waals surface area contributed by atoms with Gasteiger partial charge in [-0.25, -0.2) is 4.79 Å². The third-order valence-electron chi connectivity index (χ3n) is 4.30. The van der Waals surface area contributed by atoms with Crippen LogP contribution in [0.5, 0.6) is 5.75 Å². The Kier molecular flexibility index (Phi) is 5.48. The lowest BCUT2D eigenvalue weighted by Crippen LogP contribution is -2.36. The summed E-state index contributed by atoms with van der Waals surface area (Å²) in [6.45, 7) is 4.24. The molecule has 7 heteroatoms.